The van der Waals surface area contributed by atoms with Crippen molar-refractivity contribution in [2.24, 2.45) is 10.7 Å². The molecular formula is C20H18N2O4PRb. The number of ketones is 2. The van der Waals surface area contributed by atoms with Gasteiger partial charge in [0.2, 0.25) is 0 Å². The van der Waals surface area contributed by atoms with E-state index in [0.29, 0.717) is 28.0 Å². The Morgan fingerprint density at radius 2 is 1.82 bits per heavy atom. The molecule has 0 amide bonds. The van der Waals surface area contributed by atoms with Gasteiger partial charge in [0.25, 0.3) is 0 Å². The summed E-state index contributed by atoms with van der Waals surface area (Å²) in [7, 11) is -3.57. The van der Waals surface area contributed by atoms with E-state index < -0.39 is 13.4 Å². The minimum Gasteiger partial charge on any atom is -0.342 e. The summed E-state index contributed by atoms with van der Waals surface area (Å²) in [5.41, 5.74) is 1.64. The summed E-state index contributed by atoms with van der Waals surface area (Å²) in [6, 6.07) is 13.9. The molecule has 1 N–H and O–H groups in total. The Labute approximate surface area is 212 Å². The number of hydrogen-bond donors (Lipinski definition) is 1. The Balaban J connectivity index is 0.00000225. The number of carbonyl (C=O) groups is 2. The van der Waals surface area contributed by atoms with Crippen LogP contribution >= 0.6 is 7.52 Å². The van der Waals surface area contributed by atoms with Crippen molar-refractivity contribution >= 4 is 35.9 Å². The van der Waals surface area contributed by atoms with Gasteiger partial charge in [0.1, 0.15) is 23.3 Å². The van der Waals surface area contributed by atoms with Crippen LogP contribution in [0.2, 0.25) is 0 Å². The molecule has 6 nitrogen and oxygen atoms in total. The molecule has 2 aliphatic rings. The summed E-state index contributed by atoms with van der Waals surface area (Å²) in [6.07, 6.45) is 0. The first kappa shape index (κ1) is 21.8. The van der Waals surface area contributed by atoms with Crippen molar-refractivity contribution in [3.63, 3.8) is 0 Å². The first-order valence-corrected chi connectivity index (χ1v) is 10.3. The van der Waals surface area contributed by atoms with E-state index in [0.717, 1.165) is 0 Å². The number of para-hydroxylation sites is 1. The quantitative estimate of drug-likeness (QED) is 0.402. The molecule has 0 saturated heterocycles. The van der Waals surface area contributed by atoms with Crippen LogP contribution < -0.4 is 68.8 Å². The number of nitrogens with one attached hydrogen (secondary N) is 1. The predicted octanol–water partition coefficient (Wildman–Crippen LogP) is 0.394. The fourth-order valence-electron chi connectivity index (χ4n) is 3.48. The summed E-state index contributed by atoms with van der Waals surface area (Å²) < 4.78 is 23.1. The molecule has 0 radical (unpaired) electrons. The third kappa shape index (κ3) is 3.55. The van der Waals surface area contributed by atoms with Crippen molar-refractivity contribution in [1.82, 2.24) is 0 Å². The third-order valence-corrected chi connectivity index (χ3v) is 6.86. The van der Waals surface area contributed by atoms with Crippen molar-refractivity contribution in [2.45, 2.75) is 13.8 Å². The van der Waals surface area contributed by atoms with Crippen LogP contribution in [0.4, 0.5) is 5.69 Å². The maximum absolute atomic E-state index is 13.4. The maximum Gasteiger partial charge on any atom is 1.00 e. The number of Topliss-reactive ketones (excluding diaryl/α,β-unsaturated/α-hetero) is 2. The van der Waals surface area contributed by atoms with Gasteiger partial charge in [-0.15, -0.1) is 18.1 Å². The zero-order chi connectivity index (χ0) is 19.2. The van der Waals surface area contributed by atoms with Crippen molar-refractivity contribution in [3.8, 4) is 0 Å². The van der Waals surface area contributed by atoms with E-state index in [1.807, 2.05) is 0 Å². The first-order chi connectivity index (χ1) is 13.0. The van der Waals surface area contributed by atoms with Gasteiger partial charge in [-0.25, -0.2) is 0 Å². The molecule has 2 aromatic carbocycles. The topological polar surface area (TPSA) is 84.8 Å². The van der Waals surface area contributed by atoms with Gasteiger partial charge in [-0.05, 0) is 19.1 Å². The minimum absolute atomic E-state index is 0. The zero-order valence-electron chi connectivity index (χ0n) is 15.9. The number of fused-ring (bicyclic) bond motifs is 2. The third-order valence-electron chi connectivity index (χ3n) is 4.78. The fraction of sp³-hybridized carbons (Fsp3) is 0.200. The summed E-state index contributed by atoms with van der Waals surface area (Å²) in [4.78, 5) is 26.0. The number of benzene rings is 2. The van der Waals surface area contributed by atoms with Crippen LogP contribution in [-0.4, -0.2) is 24.0 Å². The van der Waals surface area contributed by atoms with Crippen LogP contribution in [0.15, 0.2) is 53.3 Å². The van der Waals surface area contributed by atoms with Crippen molar-refractivity contribution in [2.75, 3.05) is 11.9 Å². The number of hydrogen-bond acceptors (Lipinski definition) is 5. The molecule has 2 unspecified atom stereocenters. The number of nitrogens with zero attached hydrogens (tertiary/aromatic N) is 1. The molecule has 1 aliphatic carbocycles. The number of rotatable bonds is 3. The monoisotopic (exact) mass is 466 g/mol. The van der Waals surface area contributed by atoms with E-state index in [9.17, 15) is 14.2 Å². The molecule has 0 bridgehead atoms. The molecule has 4 rings (SSSR count). The fourth-order valence-corrected chi connectivity index (χ4v) is 5.30. The first-order valence-electron chi connectivity index (χ1n) is 8.69. The predicted molar refractivity (Wildman–Crippen MR) is 104 cm³/mol. The molecule has 2 aromatic rings. The van der Waals surface area contributed by atoms with Crippen LogP contribution in [-0.2, 0) is 13.9 Å². The Morgan fingerprint density at radius 1 is 1.14 bits per heavy atom. The molecule has 0 spiro atoms. The Kier molecular flexibility index (Phi) is 6.59. The van der Waals surface area contributed by atoms with E-state index in [2.05, 4.69) is 10.1 Å². The molecule has 1 heterocycles. The maximum atomic E-state index is 13.4. The summed E-state index contributed by atoms with van der Waals surface area (Å²) in [5, 5.41) is 3.47. The molecule has 8 heteroatoms. The van der Waals surface area contributed by atoms with Gasteiger partial charge < -0.3 is 19.4 Å². The molecule has 2 atom stereocenters. The normalized spacial score (nSPS) is 23.1. The minimum atomic E-state index is -3.57. The van der Waals surface area contributed by atoms with Gasteiger partial charge in [-0.1, -0.05) is 30.7 Å². The van der Waals surface area contributed by atoms with Crippen LogP contribution in [0.5, 0.6) is 0 Å². The van der Waals surface area contributed by atoms with E-state index >= 15 is 0 Å². The zero-order valence-corrected chi connectivity index (χ0v) is 21.7. The second kappa shape index (κ2) is 8.46. The van der Waals surface area contributed by atoms with Gasteiger partial charge in [0.05, 0.1) is 17.6 Å². The van der Waals surface area contributed by atoms with E-state index in [1.165, 1.54) is 0 Å². The molecule has 0 fully saturated rings. The second-order valence-corrected chi connectivity index (χ2v) is 8.38. The smallest absolute Gasteiger partial charge is 0.342 e. The van der Waals surface area contributed by atoms with E-state index in [1.54, 1.807) is 62.4 Å². The SMILES string of the molecule is CCOP1(=O)N=C(C2C(=O)c3ccccc3[C-](C)C2=O)Nc2ccccc21.[Rb+]. The molecular weight excluding hydrogens is 449 g/mol. The van der Waals surface area contributed by atoms with Gasteiger partial charge in [0.15, 0.2) is 0 Å². The molecule has 28 heavy (non-hydrogen) atoms. The Bertz CT molecular complexity index is 1040. The van der Waals surface area contributed by atoms with Crippen LogP contribution in [0.1, 0.15) is 29.8 Å². The van der Waals surface area contributed by atoms with Crippen LogP contribution in [0.25, 0.3) is 0 Å². The number of anilines is 1. The average molecular weight is 467 g/mol. The van der Waals surface area contributed by atoms with Crippen molar-refractivity contribution in [3.05, 3.63) is 65.6 Å². The molecule has 1 aliphatic heterocycles. The van der Waals surface area contributed by atoms with E-state index in [4.69, 9.17) is 4.52 Å². The average Bonchev–Trinajstić information content (AvgIpc) is 2.67. The van der Waals surface area contributed by atoms with Gasteiger partial charge in [0, 0.05) is 0 Å². The van der Waals surface area contributed by atoms with Gasteiger partial charge in [-0.2, -0.15) is 16.4 Å². The van der Waals surface area contributed by atoms with Gasteiger partial charge >= 0.3 is 65.7 Å². The van der Waals surface area contributed by atoms with E-state index in [-0.39, 0.29) is 82.2 Å². The standard InChI is InChI=1S/C20H18N2O4P.Rb/c1-3-26-27(25)16-11-7-6-10-15(16)21-20(22-27)17-18(23)12(2)13-8-4-5-9-14(13)19(17)24;/h4-11,17H,3H2,1-2H3,(H,21,22,25);/q-1;+1. The van der Waals surface area contributed by atoms with Crippen LogP contribution in [0, 0.1) is 11.8 Å². The second-order valence-electron chi connectivity index (χ2n) is 6.40. The Hall–Kier alpha value is -0.885. The summed E-state index contributed by atoms with van der Waals surface area (Å²) in [5.74, 6) is -1.27. The number of amidine groups is 1. The van der Waals surface area contributed by atoms with Crippen molar-refractivity contribution in [1.29, 1.82) is 0 Å². The largest absolute Gasteiger partial charge is 1.00 e. The van der Waals surface area contributed by atoms with Crippen LogP contribution in [0.3, 0.4) is 0 Å². The molecule has 0 saturated carbocycles. The summed E-state index contributed by atoms with van der Waals surface area (Å²) >= 11 is 0. The van der Waals surface area contributed by atoms with Crippen molar-refractivity contribution < 1.29 is 76.9 Å². The molecule has 0 aromatic heterocycles. The van der Waals surface area contributed by atoms with Gasteiger partial charge in [-0.3, -0.25) is 4.57 Å². The summed E-state index contributed by atoms with van der Waals surface area (Å²) in [6.45, 7) is 3.62. The Morgan fingerprint density at radius 3 is 2.57 bits per heavy atom. The molecule has 138 valence electrons. The number of carbonyl (C=O) groups excluding carboxylic acids is 2.